The van der Waals surface area contributed by atoms with Crippen molar-refractivity contribution in [1.82, 2.24) is 0 Å². The summed E-state index contributed by atoms with van der Waals surface area (Å²) in [6.07, 6.45) is 16.4. The molecule has 0 aromatic heterocycles. The molecular formula is C26H42O2. The van der Waals surface area contributed by atoms with Gasteiger partial charge in [0.2, 0.25) is 0 Å². The van der Waals surface area contributed by atoms with Crippen LogP contribution in [0.3, 0.4) is 0 Å². The van der Waals surface area contributed by atoms with Gasteiger partial charge < -0.3 is 9.47 Å². The largest absolute Gasteiger partial charge is 0.348 e. The van der Waals surface area contributed by atoms with E-state index in [0.29, 0.717) is 5.92 Å². The lowest BCUT2D eigenvalue weighted by atomic mass is 9.78. The molecule has 28 heavy (non-hydrogen) atoms. The number of rotatable bonds is 10. The molecule has 0 atom stereocenters. The molecule has 2 fully saturated rings. The highest BCUT2D eigenvalue weighted by Crippen LogP contribution is 2.34. The lowest BCUT2D eigenvalue weighted by Gasteiger charge is -2.29. The van der Waals surface area contributed by atoms with Crippen molar-refractivity contribution < 1.29 is 9.47 Å². The van der Waals surface area contributed by atoms with E-state index in [2.05, 4.69) is 38.1 Å². The van der Waals surface area contributed by atoms with E-state index in [1.54, 1.807) is 0 Å². The minimum atomic E-state index is -0.162. The summed E-state index contributed by atoms with van der Waals surface area (Å²) in [4.78, 5) is 0. The van der Waals surface area contributed by atoms with Gasteiger partial charge in [-0.25, -0.2) is 0 Å². The third-order valence-electron chi connectivity index (χ3n) is 6.94. The summed E-state index contributed by atoms with van der Waals surface area (Å²) in [5, 5.41) is 0. The molecule has 0 bridgehead atoms. The Hall–Kier alpha value is -0.860. The maximum Gasteiger partial charge on any atom is 0.183 e. The maximum absolute atomic E-state index is 5.95. The third-order valence-corrected chi connectivity index (χ3v) is 6.94. The van der Waals surface area contributed by atoms with Gasteiger partial charge in [-0.15, -0.1) is 0 Å². The molecule has 1 aliphatic heterocycles. The highest BCUT2D eigenvalue weighted by Gasteiger charge is 2.23. The van der Waals surface area contributed by atoms with Crippen molar-refractivity contribution in [2.45, 2.75) is 97.2 Å². The summed E-state index contributed by atoms with van der Waals surface area (Å²) in [6, 6.07) is 9.00. The second-order valence-corrected chi connectivity index (χ2v) is 9.32. The average Bonchev–Trinajstić information content (AvgIpc) is 2.75. The van der Waals surface area contributed by atoms with Crippen LogP contribution in [0.2, 0.25) is 0 Å². The molecule has 1 saturated heterocycles. The Bertz CT molecular complexity index is 522. The van der Waals surface area contributed by atoms with Crippen LogP contribution < -0.4 is 0 Å². The number of hydrogen-bond acceptors (Lipinski definition) is 2. The molecular weight excluding hydrogens is 344 g/mol. The highest BCUT2D eigenvalue weighted by molar-refractivity contribution is 5.23. The van der Waals surface area contributed by atoms with Gasteiger partial charge >= 0.3 is 0 Å². The Morgan fingerprint density at radius 3 is 1.96 bits per heavy atom. The van der Waals surface area contributed by atoms with Crippen LogP contribution >= 0.6 is 0 Å². The number of aryl methyl sites for hydroxylation is 1. The van der Waals surface area contributed by atoms with Gasteiger partial charge in [0.05, 0.1) is 13.2 Å². The van der Waals surface area contributed by atoms with Crippen molar-refractivity contribution in [3.8, 4) is 0 Å². The van der Waals surface area contributed by atoms with Crippen LogP contribution in [-0.4, -0.2) is 13.2 Å². The van der Waals surface area contributed by atoms with Gasteiger partial charge in [-0.05, 0) is 36.7 Å². The minimum absolute atomic E-state index is 0.162. The Morgan fingerprint density at radius 1 is 0.714 bits per heavy atom. The summed E-state index contributed by atoms with van der Waals surface area (Å²) in [5.41, 5.74) is 2.64. The van der Waals surface area contributed by atoms with Gasteiger partial charge in [-0.2, -0.15) is 0 Å². The topological polar surface area (TPSA) is 18.5 Å². The fourth-order valence-corrected chi connectivity index (χ4v) is 5.01. The van der Waals surface area contributed by atoms with Gasteiger partial charge in [-0.1, -0.05) is 95.9 Å². The van der Waals surface area contributed by atoms with Crippen LogP contribution in [0, 0.1) is 17.8 Å². The smallest absolute Gasteiger partial charge is 0.183 e. The number of unbranched alkanes of at least 4 members (excludes halogenated alkanes) is 2. The second-order valence-electron chi connectivity index (χ2n) is 9.32. The Balaban J connectivity index is 1.35. The van der Waals surface area contributed by atoms with E-state index in [1.807, 2.05) is 0 Å². The fraction of sp³-hybridized carbons (Fsp3) is 0.769. The second kappa shape index (κ2) is 12.0. The average molecular weight is 387 g/mol. The van der Waals surface area contributed by atoms with E-state index in [9.17, 15) is 0 Å². The van der Waals surface area contributed by atoms with Crippen molar-refractivity contribution in [1.29, 1.82) is 0 Å². The number of ether oxygens (including phenoxy) is 2. The molecule has 3 rings (SSSR count). The monoisotopic (exact) mass is 386 g/mol. The predicted molar refractivity (Wildman–Crippen MR) is 117 cm³/mol. The van der Waals surface area contributed by atoms with Crippen molar-refractivity contribution >= 4 is 0 Å². The molecule has 1 aromatic rings. The molecule has 2 heteroatoms. The number of hydrogen-bond donors (Lipinski definition) is 0. The van der Waals surface area contributed by atoms with Gasteiger partial charge in [0.1, 0.15) is 0 Å². The Kier molecular flexibility index (Phi) is 9.34. The zero-order valence-electron chi connectivity index (χ0n) is 18.3. The van der Waals surface area contributed by atoms with Crippen LogP contribution in [0.4, 0.5) is 0 Å². The Morgan fingerprint density at radius 2 is 1.36 bits per heavy atom. The van der Waals surface area contributed by atoms with Gasteiger partial charge in [0.15, 0.2) is 6.29 Å². The molecule has 1 saturated carbocycles. The lowest BCUT2D eigenvalue weighted by Crippen LogP contribution is -2.26. The third kappa shape index (κ3) is 6.88. The van der Waals surface area contributed by atoms with Gasteiger partial charge in [0, 0.05) is 11.5 Å². The molecule has 0 N–H and O–H groups in total. The molecule has 0 spiro atoms. The first kappa shape index (κ1) is 21.8. The van der Waals surface area contributed by atoms with Crippen LogP contribution in [0.25, 0.3) is 0 Å². The van der Waals surface area contributed by atoms with Crippen molar-refractivity contribution in [2.24, 2.45) is 17.8 Å². The summed E-state index contributed by atoms with van der Waals surface area (Å²) in [5.74, 6) is 2.54. The minimum Gasteiger partial charge on any atom is -0.348 e. The van der Waals surface area contributed by atoms with Crippen LogP contribution in [0.15, 0.2) is 24.3 Å². The highest BCUT2D eigenvalue weighted by atomic mass is 16.7. The van der Waals surface area contributed by atoms with Crippen molar-refractivity contribution in [2.75, 3.05) is 13.2 Å². The van der Waals surface area contributed by atoms with E-state index in [1.165, 1.54) is 88.2 Å². The summed E-state index contributed by atoms with van der Waals surface area (Å²) in [6.45, 7) is 6.20. The summed E-state index contributed by atoms with van der Waals surface area (Å²) < 4.78 is 11.9. The normalized spacial score (nSPS) is 28.4. The predicted octanol–water partition coefficient (Wildman–Crippen LogP) is 7.47. The molecule has 1 aliphatic carbocycles. The zero-order chi connectivity index (χ0) is 19.6. The zero-order valence-corrected chi connectivity index (χ0v) is 18.3. The molecule has 158 valence electrons. The Labute approximate surface area is 173 Å². The molecule has 1 heterocycles. The fourth-order valence-electron chi connectivity index (χ4n) is 5.01. The molecule has 0 amide bonds. The van der Waals surface area contributed by atoms with E-state index >= 15 is 0 Å². The summed E-state index contributed by atoms with van der Waals surface area (Å²) in [7, 11) is 0. The van der Waals surface area contributed by atoms with E-state index < -0.39 is 0 Å². The van der Waals surface area contributed by atoms with Gasteiger partial charge in [0.25, 0.3) is 0 Å². The first-order valence-corrected chi connectivity index (χ1v) is 12.1. The molecule has 1 aromatic carbocycles. The standard InChI is InChI=1S/C26H42O2/c1-3-5-6-8-21-9-11-22(12-10-21)13-14-23-15-17-25(18-16-23)26-27-19-24(7-4-2)20-28-26/h15-18,21-22,24,26H,3-14,19-20H2,1-2H3/t21-,22-,24?,26?. The lowest BCUT2D eigenvalue weighted by molar-refractivity contribution is -0.206. The molecule has 0 radical (unpaired) electrons. The SMILES string of the molecule is CCCCC[C@H]1CC[C@H](CCc2ccc(C3OCC(CCC)CO3)cc2)CC1. The van der Waals surface area contributed by atoms with Crippen molar-refractivity contribution in [3.05, 3.63) is 35.4 Å². The maximum atomic E-state index is 5.95. The first-order valence-electron chi connectivity index (χ1n) is 12.1. The van der Waals surface area contributed by atoms with Crippen LogP contribution in [-0.2, 0) is 15.9 Å². The summed E-state index contributed by atoms with van der Waals surface area (Å²) >= 11 is 0. The van der Waals surface area contributed by atoms with E-state index in [-0.39, 0.29) is 6.29 Å². The van der Waals surface area contributed by atoms with E-state index in [0.717, 1.165) is 25.0 Å². The molecule has 2 nitrogen and oxygen atoms in total. The first-order chi connectivity index (χ1) is 13.8. The van der Waals surface area contributed by atoms with Crippen LogP contribution in [0.5, 0.6) is 0 Å². The number of benzene rings is 1. The molecule has 2 aliphatic rings. The van der Waals surface area contributed by atoms with E-state index in [4.69, 9.17) is 9.47 Å². The molecule has 0 unspecified atom stereocenters. The van der Waals surface area contributed by atoms with Crippen LogP contribution in [0.1, 0.15) is 102 Å². The van der Waals surface area contributed by atoms with Crippen molar-refractivity contribution in [3.63, 3.8) is 0 Å². The quantitative estimate of drug-likeness (QED) is 0.388. The van der Waals surface area contributed by atoms with Gasteiger partial charge in [-0.3, -0.25) is 0 Å².